The number of methoxy groups -OCH3 is 1. The predicted octanol–water partition coefficient (Wildman–Crippen LogP) is 3.42. The number of aryl methyl sites for hydroxylation is 3. The Morgan fingerprint density at radius 2 is 1.58 bits per heavy atom. The fourth-order valence-electron chi connectivity index (χ4n) is 2.49. The number of hydrogen-bond acceptors (Lipinski definition) is 4. The summed E-state index contributed by atoms with van der Waals surface area (Å²) in [5, 5.41) is 2.79. The van der Waals surface area contributed by atoms with E-state index in [2.05, 4.69) is 5.32 Å². The van der Waals surface area contributed by atoms with Crippen molar-refractivity contribution in [1.82, 2.24) is 0 Å². The Morgan fingerprint density at radius 1 is 1.00 bits per heavy atom. The van der Waals surface area contributed by atoms with Gasteiger partial charge in [0.15, 0.2) is 6.61 Å². The maximum Gasteiger partial charge on any atom is 0.338 e. The molecule has 2 rings (SSSR count). The molecule has 0 fully saturated rings. The first-order chi connectivity index (χ1) is 11.4. The van der Waals surface area contributed by atoms with Crippen molar-refractivity contribution in [1.29, 1.82) is 0 Å². The molecule has 0 atom stereocenters. The van der Waals surface area contributed by atoms with Gasteiger partial charge < -0.3 is 14.8 Å². The number of esters is 1. The van der Waals surface area contributed by atoms with E-state index in [1.807, 2.05) is 32.9 Å². The predicted molar refractivity (Wildman–Crippen MR) is 92.6 cm³/mol. The maximum atomic E-state index is 12.0. The van der Waals surface area contributed by atoms with Crippen molar-refractivity contribution in [2.75, 3.05) is 19.0 Å². The van der Waals surface area contributed by atoms with Crippen molar-refractivity contribution in [3.63, 3.8) is 0 Å². The summed E-state index contributed by atoms with van der Waals surface area (Å²) in [5.74, 6) is -0.272. The molecule has 1 amide bonds. The summed E-state index contributed by atoms with van der Waals surface area (Å²) in [6, 6.07) is 10.5. The van der Waals surface area contributed by atoms with Gasteiger partial charge in [-0.15, -0.1) is 0 Å². The first kappa shape index (κ1) is 17.5. The van der Waals surface area contributed by atoms with E-state index in [9.17, 15) is 9.59 Å². The third-order valence-corrected chi connectivity index (χ3v) is 3.60. The number of anilines is 1. The minimum atomic E-state index is -0.551. The van der Waals surface area contributed by atoms with Crippen LogP contribution < -0.4 is 10.1 Å². The van der Waals surface area contributed by atoms with Crippen LogP contribution in [0.3, 0.4) is 0 Å². The lowest BCUT2D eigenvalue weighted by molar-refractivity contribution is -0.119. The van der Waals surface area contributed by atoms with Crippen LogP contribution in [0.25, 0.3) is 0 Å². The normalized spacial score (nSPS) is 10.2. The molecule has 0 aromatic heterocycles. The number of carbonyl (C=O) groups is 2. The molecule has 0 heterocycles. The first-order valence-corrected chi connectivity index (χ1v) is 7.59. The number of rotatable bonds is 5. The van der Waals surface area contributed by atoms with Crippen molar-refractivity contribution in [3.8, 4) is 5.75 Å². The van der Waals surface area contributed by atoms with Crippen LogP contribution in [-0.4, -0.2) is 25.6 Å². The number of ether oxygens (including phenoxy) is 2. The third kappa shape index (κ3) is 4.35. The number of carbonyl (C=O) groups excluding carboxylic acids is 2. The topological polar surface area (TPSA) is 64.6 Å². The van der Waals surface area contributed by atoms with E-state index in [1.165, 1.54) is 0 Å². The number of amides is 1. The van der Waals surface area contributed by atoms with Gasteiger partial charge in [0.25, 0.3) is 5.91 Å². The van der Waals surface area contributed by atoms with Crippen LogP contribution in [0, 0.1) is 20.8 Å². The summed E-state index contributed by atoms with van der Waals surface area (Å²) in [6.45, 7) is 5.53. The van der Waals surface area contributed by atoms with Crippen LogP contribution in [0.5, 0.6) is 5.75 Å². The number of nitrogens with one attached hydrogen (secondary N) is 1. The summed E-state index contributed by atoms with van der Waals surface area (Å²) in [4.78, 5) is 24.0. The molecule has 0 saturated carbocycles. The average molecular weight is 327 g/mol. The summed E-state index contributed by atoms with van der Waals surface area (Å²) in [7, 11) is 1.55. The highest BCUT2D eigenvalue weighted by Crippen LogP contribution is 2.21. The molecule has 5 heteroatoms. The largest absolute Gasteiger partial charge is 0.497 e. The Morgan fingerprint density at radius 3 is 2.12 bits per heavy atom. The second-order valence-electron chi connectivity index (χ2n) is 5.63. The van der Waals surface area contributed by atoms with Gasteiger partial charge >= 0.3 is 5.97 Å². The summed E-state index contributed by atoms with van der Waals surface area (Å²) in [6.07, 6.45) is 0. The Bertz CT molecular complexity index is 727. The highest BCUT2D eigenvalue weighted by molar-refractivity contribution is 5.96. The molecule has 2 aromatic carbocycles. The van der Waals surface area contributed by atoms with Gasteiger partial charge in [0.2, 0.25) is 0 Å². The van der Waals surface area contributed by atoms with Gasteiger partial charge in [0.05, 0.1) is 12.7 Å². The van der Waals surface area contributed by atoms with E-state index in [0.29, 0.717) is 11.3 Å². The molecule has 24 heavy (non-hydrogen) atoms. The van der Waals surface area contributed by atoms with Crippen molar-refractivity contribution >= 4 is 17.6 Å². The highest BCUT2D eigenvalue weighted by atomic mass is 16.5. The van der Waals surface area contributed by atoms with Crippen molar-refractivity contribution in [2.45, 2.75) is 20.8 Å². The molecule has 0 saturated heterocycles. The lowest BCUT2D eigenvalue weighted by Gasteiger charge is -2.13. The van der Waals surface area contributed by atoms with Gasteiger partial charge in [-0.3, -0.25) is 4.79 Å². The zero-order valence-electron chi connectivity index (χ0n) is 14.3. The molecule has 0 spiro atoms. The monoisotopic (exact) mass is 327 g/mol. The Kier molecular flexibility index (Phi) is 5.58. The number of hydrogen-bond donors (Lipinski definition) is 1. The van der Waals surface area contributed by atoms with Gasteiger partial charge in [-0.05, 0) is 56.2 Å². The van der Waals surface area contributed by atoms with Crippen LogP contribution in [-0.2, 0) is 9.53 Å². The SMILES string of the molecule is COc1ccc(C(=O)OCC(=O)Nc2c(C)cc(C)cc2C)cc1. The average Bonchev–Trinajstić information content (AvgIpc) is 2.56. The van der Waals surface area contributed by atoms with E-state index in [0.717, 1.165) is 22.4 Å². The molecular weight excluding hydrogens is 306 g/mol. The van der Waals surface area contributed by atoms with Gasteiger partial charge in [-0.2, -0.15) is 0 Å². The van der Waals surface area contributed by atoms with Crippen molar-refractivity contribution < 1.29 is 19.1 Å². The minimum Gasteiger partial charge on any atom is -0.497 e. The Labute approximate surface area is 141 Å². The van der Waals surface area contributed by atoms with Gasteiger partial charge in [-0.1, -0.05) is 17.7 Å². The molecule has 0 bridgehead atoms. The second-order valence-corrected chi connectivity index (χ2v) is 5.63. The number of benzene rings is 2. The Balaban J connectivity index is 1.94. The molecule has 1 N–H and O–H groups in total. The molecule has 0 aliphatic heterocycles. The Hall–Kier alpha value is -2.82. The fraction of sp³-hybridized carbons (Fsp3) is 0.263. The molecule has 2 aromatic rings. The standard InChI is InChI=1S/C19H21NO4/c1-12-9-13(2)18(14(3)10-12)20-17(21)11-24-19(22)15-5-7-16(23-4)8-6-15/h5-10H,11H2,1-4H3,(H,20,21). The summed E-state index contributed by atoms with van der Waals surface area (Å²) >= 11 is 0. The molecule has 5 nitrogen and oxygen atoms in total. The fourth-order valence-corrected chi connectivity index (χ4v) is 2.49. The van der Waals surface area contributed by atoms with E-state index >= 15 is 0 Å². The molecule has 0 radical (unpaired) electrons. The molecular formula is C19H21NO4. The zero-order valence-corrected chi connectivity index (χ0v) is 14.3. The van der Waals surface area contributed by atoms with Crippen LogP contribution in [0.4, 0.5) is 5.69 Å². The highest BCUT2D eigenvalue weighted by Gasteiger charge is 2.12. The molecule has 0 aliphatic rings. The van der Waals surface area contributed by atoms with Crippen molar-refractivity contribution in [2.24, 2.45) is 0 Å². The van der Waals surface area contributed by atoms with Crippen molar-refractivity contribution in [3.05, 3.63) is 58.7 Å². The minimum absolute atomic E-state index is 0.336. The first-order valence-electron chi connectivity index (χ1n) is 7.59. The second kappa shape index (κ2) is 7.64. The van der Waals surface area contributed by atoms with Gasteiger partial charge in [0, 0.05) is 5.69 Å². The van der Waals surface area contributed by atoms with Gasteiger partial charge in [-0.25, -0.2) is 4.79 Å². The lowest BCUT2D eigenvalue weighted by atomic mass is 10.1. The summed E-state index contributed by atoms with van der Waals surface area (Å²) in [5.41, 5.74) is 4.20. The van der Waals surface area contributed by atoms with E-state index in [1.54, 1.807) is 31.4 Å². The smallest absolute Gasteiger partial charge is 0.338 e. The zero-order chi connectivity index (χ0) is 17.7. The van der Waals surface area contributed by atoms with Crippen LogP contribution in [0.1, 0.15) is 27.0 Å². The summed E-state index contributed by atoms with van der Waals surface area (Å²) < 4.78 is 10.1. The van der Waals surface area contributed by atoms with E-state index in [-0.39, 0.29) is 12.5 Å². The molecule has 0 aliphatic carbocycles. The van der Waals surface area contributed by atoms with E-state index < -0.39 is 5.97 Å². The molecule has 0 unspecified atom stereocenters. The quantitative estimate of drug-likeness (QED) is 0.855. The third-order valence-electron chi connectivity index (χ3n) is 3.60. The van der Waals surface area contributed by atoms with Crippen LogP contribution in [0.2, 0.25) is 0 Å². The molecule has 126 valence electrons. The van der Waals surface area contributed by atoms with Gasteiger partial charge in [0.1, 0.15) is 5.75 Å². The van der Waals surface area contributed by atoms with Crippen LogP contribution >= 0.6 is 0 Å². The van der Waals surface area contributed by atoms with Crippen LogP contribution in [0.15, 0.2) is 36.4 Å². The van der Waals surface area contributed by atoms with E-state index in [4.69, 9.17) is 9.47 Å². The maximum absolute atomic E-state index is 12.0. The lowest BCUT2D eigenvalue weighted by Crippen LogP contribution is -2.21.